The predicted molar refractivity (Wildman–Crippen MR) is 126 cm³/mol. The van der Waals surface area contributed by atoms with Crippen LogP contribution in [0.3, 0.4) is 0 Å². The molecule has 5 rings (SSSR count). The molecule has 0 saturated carbocycles. The highest BCUT2D eigenvalue weighted by Gasteiger charge is 2.35. The lowest BCUT2D eigenvalue weighted by Gasteiger charge is -2.35. The summed E-state index contributed by atoms with van der Waals surface area (Å²) in [6.45, 7) is 5.22. The van der Waals surface area contributed by atoms with Crippen molar-refractivity contribution in [1.82, 2.24) is 21.1 Å². The van der Waals surface area contributed by atoms with E-state index >= 15 is 0 Å². The second kappa shape index (κ2) is 10.6. The Labute approximate surface area is 199 Å². The van der Waals surface area contributed by atoms with E-state index in [1.165, 1.54) is 0 Å². The number of morpholine rings is 1. The molecule has 9 nitrogen and oxygen atoms in total. The molecule has 0 aliphatic carbocycles. The van der Waals surface area contributed by atoms with E-state index in [9.17, 15) is 4.79 Å². The zero-order valence-corrected chi connectivity index (χ0v) is 19.4. The van der Waals surface area contributed by atoms with Gasteiger partial charge in [-0.15, -0.1) is 0 Å². The minimum Gasteiger partial charge on any atom is -0.497 e. The first kappa shape index (κ1) is 22.9. The highest BCUT2D eigenvalue weighted by atomic mass is 16.6. The van der Waals surface area contributed by atoms with Crippen LogP contribution >= 0.6 is 0 Å². The Morgan fingerprint density at radius 3 is 2.62 bits per heavy atom. The van der Waals surface area contributed by atoms with Gasteiger partial charge in [0.2, 0.25) is 5.91 Å². The maximum Gasteiger partial charge on any atom is 0.226 e. The second-order valence-electron chi connectivity index (χ2n) is 8.69. The monoisotopic (exact) mass is 468 g/mol. The van der Waals surface area contributed by atoms with Crippen molar-refractivity contribution in [3.63, 3.8) is 0 Å². The molecule has 0 radical (unpaired) electrons. The minimum atomic E-state index is -0.247. The van der Waals surface area contributed by atoms with Gasteiger partial charge in [-0.25, -0.2) is 5.43 Å². The van der Waals surface area contributed by atoms with Gasteiger partial charge in [0, 0.05) is 26.2 Å². The van der Waals surface area contributed by atoms with Crippen LogP contribution in [0.5, 0.6) is 17.2 Å². The van der Waals surface area contributed by atoms with E-state index < -0.39 is 0 Å². The van der Waals surface area contributed by atoms with E-state index in [-0.39, 0.29) is 23.9 Å². The maximum atomic E-state index is 13.3. The maximum absolute atomic E-state index is 13.3. The lowest BCUT2D eigenvalue weighted by atomic mass is 9.93. The fourth-order valence-corrected chi connectivity index (χ4v) is 4.81. The Morgan fingerprint density at radius 2 is 1.85 bits per heavy atom. The molecule has 3 aliphatic heterocycles. The summed E-state index contributed by atoms with van der Waals surface area (Å²) in [4.78, 5) is 15.7. The Hall–Kier alpha value is -2.85. The van der Waals surface area contributed by atoms with E-state index in [1.807, 2.05) is 30.3 Å². The number of fused-ring (bicyclic) bond motifs is 1. The molecule has 2 fully saturated rings. The van der Waals surface area contributed by atoms with Crippen molar-refractivity contribution < 1.29 is 23.7 Å². The van der Waals surface area contributed by atoms with Crippen molar-refractivity contribution in [1.29, 1.82) is 0 Å². The second-order valence-corrected chi connectivity index (χ2v) is 8.69. The van der Waals surface area contributed by atoms with Crippen molar-refractivity contribution in [2.24, 2.45) is 5.92 Å². The number of hydrogen-bond acceptors (Lipinski definition) is 8. The smallest absolute Gasteiger partial charge is 0.226 e. The summed E-state index contributed by atoms with van der Waals surface area (Å²) in [5.41, 5.74) is 8.55. The normalized spacial score (nSPS) is 23.3. The molecule has 3 unspecified atom stereocenters. The molecule has 2 aromatic carbocycles. The van der Waals surface area contributed by atoms with Crippen LogP contribution in [0.25, 0.3) is 0 Å². The Balaban J connectivity index is 1.28. The fraction of sp³-hybridized carbons (Fsp3) is 0.480. The van der Waals surface area contributed by atoms with E-state index in [1.54, 1.807) is 7.11 Å². The summed E-state index contributed by atoms with van der Waals surface area (Å²) in [6, 6.07) is 13.9. The Bertz CT molecular complexity index is 980. The number of nitrogens with one attached hydrogen (secondary N) is 3. The van der Waals surface area contributed by atoms with E-state index in [0.717, 1.165) is 41.5 Å². The first-order valence-electron chi connectivity index (χ1n) is 11.8. The van der Waals surface area contributed by atoms with E-state index in [0.29, 0.717) is 39.5 Å². The highest BCUT2D eigenvalue weighted by Crippen LogP contribution is 2.35. The number of methoxy groups -OCH3 is 1. The first-order chi connectivity index (χ1) is 16.7. The van der Waals surface area contributed by atoms with Crippen LogP contribution in [0.15, 0.2) is 42.5 Å². The predicted octanol–water partition coefficient (Wildman–Crippen LogP) is 1.42. The number of hydrogen-bond donors (Lipinski definition) is 3. The number of nitrogens with zero attached hydrogens (tertiary/aromatic N) is 1. The molecule has 3 aliphatic rings. The Kier molecular flexibility index (Phi) is 7.15. The third-order valence-electron chi connectivity index (χ3n) is 6.70. The topological polar surface area (TPSA) is 93.3 Å². The van der Waals surface area contributed by atoms with Crippen LogP contribution in [0.4, 0.5) is 0 Å². The van der Waals surface area contributed by atoms with Gasteiger partial charge >= 0.3 is 0 Å². The molecule has 3 heterocycles. The molecular formula is C25H32N4O5. The van der Waals surface area contributed by atoms with Gasteiger partial charge in [-0.1, -0.05) is 18.2 Å². The molecule has 3 atom stereocenters. The van der Waals surface area contributed by atoms with Crippen molar-refractivity contribution in [3.05, 3.63) is 53.6 Å². The molecule has 34 heavy (non-hydrogen) atoms. The van der Waals surface area contributed by atoms with Gasteiger partial charge in [0.25, 0.3) is 0 Å². The molecule has 3 N–H and O–H groups in total. The number of benzene rings is 2. The number of hydrazine groups is 1. The SMILES string of the molecule is COc1ccc(C(CNC(=O)C2CNNC2c2ccc3c(c2)OCCO3)N2CCOCC2)cc1. The summed E-state index contributed by atoms with van der Waals surface area (Å²) < 4.78 is 22.2. The highest BCUT2D eigenvalue weighted by molar-refractivity contribution is 5.80. The average Bonchev–Trinajstić information content (AvgIpc) is 3.40. The van der Waals surface area contributed by atoms with Gasteiger partial charge in [0.05, 0.1) is 38.3 Å². The molecule has 2 aromatic rings. The molecule has 182 valence electrons. The molecule has 0 bridgehead atoms. The van der Waals surface area contributed by atoms with Crippen molar-refractivity contribution in [2.75, 3.05) is 59.7 Å². The van der Waals surface area contributed by atoms with Gasteiger partial charge in [-0.3, -0.25) is 15.1 Å². The molecular weight excluding hydrogens is 436 g/mol. The van der Waals surface area contributed by atoms with Crippen LogP contribution in [0, 0.1) is 5.92 Å². The van der Waals surface area contributed by atoms with Crippen LogP contribution < -0.4 is 30.4 Å². The van der Waals surface area contributed by atoms with Crippen molar-refractivity contribution in [2.45, 2.75) is 12.1 Å². The lowest BCUT2D eigenvalue weighted by molar-refractivity contribution is -0.125. The van der Waals surface area contributed by atoms with Crippen molar-refractivity contribution >= 4 is 5.91 Å². The van der Waals surface area contributed by atoms with Crippen molar-refractivity contribution in [3.8, 4) is 17.2 Å². The number of carbonyl (C=O) groups is 1. The summed E-state index contributed by atoms with van der Waals surface area (Å²) in [6.07, 6.45) is 0. The van der Waals surface area contributed by atoms with Crippen LogP contribution in [0.1, 0.15) is 23.2 Å². The molecule has 2 saturated heterocycles. The summed E-state index contributed by atoms with van der Waals surface area (Å²) in [5.74, 6) is 2.06. The number of amides is 1. The zero-order chi connectivity index (χ0) is 23.3. The van der Waals surface area contributed by atoms with E-state index in [2.05, 4.69) is 33.2 Å². The third kappa shape index (κ3) is 4.97. The fourth-order valence-electron chi connectivity index (χ4n) is 4.81. The molecule has 1 amide bonds. The minimum absolute atomic E-state index is 0.0177. The summed E-state index contributed by atoms with van der Waals surface area (Å²) in [7, 11) is 1.66. The molecule has 9 heteroatoms. The van der Waals surface area contributed by atoms with Gasteiger partial charge in [-0.2, -0.15) is 0 Å². The molecule has 0 aromatic heterocycles. The molecule has 0 spiro atoms. The van der Waals surface area contributed by atoms with Crippen LogP contribution in [-0.4, -0.2) is 70.5 Å². The lowest BCUT2D eigenvalue weighted by Crippen LogP contribution is -2.45. The third-order valence-corrected chi connectivity index (χ3v) is 6.70. The largest absolute Gasteiger partial charge is 0.497 e. The number of carbonyl (C=O) groups excluding carboxylic acids is 1. The van der Waals surface area contributed by atoms with E-state index in [4.69, 9.17) is 18.9 Å². The first-order valence-corrected chi connectivity index (χ1v) is 11.8. The standard InChI is InChI=1S/C25H32N4O5/c1-31-19-5-2-17(3-6-19)21(29-8-10-32-11-9-29)16-26-25(30)20-15-27-28-24(20)18-4-7-22-23(14-18)34-13-12-33-22/h2-7,14,20-21,24,27-28H,8-13,15-16H2,1H3,(H,26,30). The Morgan fingerprint density at radius 1 is 1.09 bits per heavy atom. The zero-order valence-electron chi connectivity index (χ0n) is 19.4. The quantitative estimate of drug-likeness (QED) is 0.562. The van der Waals surface area contributed by atoms with Crippen LogP contribution in [0.2, 0.25) is 0 Å². The van der Waals surface area contributed by atoms with Gasteiger partial charge in [-0.05, 0) is 35.4 Å². The number of ether oxygens (including phenoxy) is 4. The van der Waals surface area contributed by atoms with Crippen LogP contribution in [-0.2, 0) is 9.53 Å². The van der Waals surface area contributed by atoms with Gasteiger partial charge in [0.1, 0.15) is 19.0 Å². The number of rotatable bonds is 7. The summed E-state index contributed by atoms with van der Waals surface area (Å²) >= 11 is 0. The average molecular weight is 469 g/mol. The van der Waals surface area contributed by atoms with Gasteiger partial charge < -0.3 is 24.3 Å². The summed E-state index contributed by atoms with van der Waals surface area (Å²) in [5, 5.41) is 3.22. The van der Waals surface area contributed by atoms with Gasteiger partial charge in [0.15, 0.2) is 11.5 Å².